The third-order valence-electron chi connectivity index (χ3n) is 3.61. The molecule has 0 spiro atoms. The van der Waals surface area contributed by atoms with E-state index in [0.717, 1.165) is 13.0 Å². The maximum atomic E-state index is 6.19. The van der Waals surface area contributed by atoms with Crippen LogP contribution in [-0.2, 0) is 4.74 Å². The average Bonchev–Trinajstić information content (AvgIpc) is 2.40. The Labute approximate surface area is 124 Å². The summed E-state index contributed by atoms with van der Waals surface area (Å²) in [6.45, 7) is 7.93. The lowest BCUT2D eigenvalue weighted by atomic mass is 10.0. The smallest absolute Gasteiger partial charge is 0.0659 e. The van der Waals surface area contributed by atoms with Gasteiger partial charge >= 0.3 is 0 Å². The van der Waals surface area contributed by atoms with Crippen molar-refractivity contribution in [3.05, 3.63) is 34.9 Å². The van der Waals surface area contributed by atoms with Crippen molar-refractivity contribution in [3.8, 4) is 0 Å². The van der Waals surface area contributed by atoms with E-state index < -0.39 is 0 Å². The normalized spacial score (nSPS) is 12.6. The van der Waals surface area contributed by atoms with Gasteiger partial charge in [-0.2, -0.15) is 0 Å². The largest absolute Gasteiger partial charge is 0.379 e. The van der Waals surface area contributed by atoms with Gasteiger partial charge in [0.05, 0.1) is 12.6 Å². The third kappa shape index (κ3) is 7.06. The highest BCUT2D eigenvalue weighted by Gasteiger charge is 2.07. The summed E-state index contributed by atoms with van der Waals surface area (Å²) in [5.74, 6) is 0. The second-order valence-corrected chi connectivity index (χ2v) is 5.87. The lowest BCUT2D eigenvalue weighted by Crippen LogP contribution is -2.17. The molecule has 0 bridgehead atoms. The van der Waals surface area contributed by atoms with Crippen LogP contribution in [0.2, 0.25) is 0 Å². The molecule has 0 saturated heterocycles. The summed E-state index contributed by atoms with van der Waals surface area (Å²) in [7, 11) is 0. The van der Waals surface area contributed by atoms with Crippen LogP contribution in [-0.4, -0.2) is 13.2 Å². The Morgan fingerprint density at radius 2 is 1.55 bits per heavy atom. The van der Waals surface area contributed by atoms with E-state index in [1.54, 1.807) is 0 Å². The van der Waals surface area contributed by atoms with Gasteiger partial charge in [0.2, 0.25) is 0 Å². The van der Waals surface area contributed by atoms with Gasteiger partial charge in [0.1, 0.15) is 0 Å². The number of hydrogen-bond donors (Lipinski definition) is 1. The predicted molar refractivity (Wildman–Crippen MR) is 87.0 cm³/mol. The molecule has 0 fully saturated rings. The molecule has 0 aliphatic carbocycles. The monoisotopic (exact) mass is 277 g/mol. The van der Waals surface area contributed by atoms with Crippen LogP contribution >= 0.6 is 0 Å². The van der Waals surface area contributed by atoms with E-state index in [2.05, 4.69) is 39.0 Å². The molecule has 2 nitrogen and oxygen atoms in total. The molecule has 2 N–H and O–H groups in total. The van der Waals surface area contributed by atoms with Crippen LogP contribution in [0.1, 0.15) is 68.2 Å². The van der Waals surface area contributed by atoms with Crippen molar-refractivity contribution in [1.82, 2.24) is 0 Å². The molecule has 20 heavy (non-hydrogen) atoms. The summed E-state index contributed by atoms with van der Waals surface area (Å²) >= 11 is 0. The zero-order valence-corrected chi connectivity index (χ0v) is 13.5. The topological polar surface area (TPSA) is 35.2 Å². The van der Waals surface area contributed by atoms with Gasteiger partial charge in [0.15, 0.2) is 0 Å². The molecule has 0 aliphatic rings. The standard InChI is InChI=1S/C18H31NO/c1-4-5-6-7-8-9-10-20-14-18(19)17-12-15(2)11-16(3)13-17/h11-13,18H,4-10,14,19H2,1-3H3. The number of benzene rings is 1. The molecule has 114 valence electrons. The molecule has 1 aromatic carbocycles. The third-order valence-corrected chi connectivity index (χ3v) is 3.61. The molecule has 1 rings (SSSR count). The minimum absolute atomic E-state index is 0.00584. The minimum Gasteiger partial charge on any atom is -0.379 e. The summed E-state index contributed by atoms with van der Waals surface area (Å²) in [6, 6.07) is 6.49. The van der Waals surface area contributed by atoms with E-state index in [1.807, 2.05) is 0 Å². The quantitative estimate of drug-likeness (QED) is 0.630. The van der Waals surface area contributed by atoms with E-state index in [9.17, 15) is 0 Å². The maximum Gasteiger partial charge on any atom is 0.0659 e. The summed E-state index contributed by atoms with van der Waals surface area (Å²) in [4.78, 5) is 0. The van der Waals surface area contributed by atoms with Crippen LogP contribution in [0, 0.1) is 13.8 Å². The number of unbranched alkanes of at least 4 members (excludes halogenated alkanes) is 5. The first-order valence-electron chi connectivity index (χ1n) is 8.05. The summed E-state index contributed by atoms with van der Waals surface area (Å²) in [5, 5.41) is 0. The molecule has 0 radical (unpaired) electrons. The van der Waals surface area contributed by atoms with Crippen molar-refractivity contribution in [2.24, 2.45) is 5.73 Å². The average molecular weight is 277 g/mol. The zero-order chi connectivity index (χ0) is 14.8. The summed E-state index contributed by atoms with van der Waals surface area (Å²) < 4.78 is 5.71. The zero-order valence-electron chi connectivity index (χ0n) is 13.5. The van der Waals surface area contributed by atoms with Gasteiger partial charge in [-0.05, 0) is 25.8 Å². The van der Waals surface area contributed by atoms with Crippen molar-refractivity contribution in [2.75, 3.05) is 13.2 Å². The minimum atomic E-state index is -0.00584. The van der Waals surface area contributed by atoms with Crippen LogP contribution in [0.4, 0.5) is 0 Å². The van der Waals surface area contributed by atoms with Gasteiger partial charge in [-0.15, -0.1) is 0 Å². The molecule has 1 atom stereocenters. The molecule has 0 saturated carbocycles. The fourth-order valence-corrected chi connectivity index (χ4v) is 2.51. The van der Waals surface area contributed by atoms with Crippen molar-refractivity contribution >= 4 is 0 Å². The van der Waals surface area contributed by atoms with Crippen LogP contribution in [0.5, 0.6) is 0 Å². The van der Waals surface area contributed by atoms with E-state index in [1.165, 1.54) is 48.8 Å². The summed E-state index contributed by atoms with van der Waals surface area (Å²) in [5.41, 5.74) is 9.91. The fourth-order valence-electron chi connectivity index (χ4n) is 2.51. The first-order chi connectivity index (χ1) is 9.63. The molecule has 1 unspecified atom stereocenters. The number of hydrogen-bond acceptors (Lipinski definition) is 2. The van der Waals surface area contributed by atoms with Crippen LogP contribution < -0.4 is 5.73 Å². The van der Waals surface area contributed by atoms with Crippen molar-refractivity contribution in [3.63, 3.8) is 0 Å². The van der Waals surface area contributed by atoms with Gasteiger partial charge < -0.3 is 10.5 Å². The molecule has 0 aromatic heterocycles. The second-order valence-electron chi connectivity index (χ2n) is 5.87. The lowest BCUT2D eigenvalue weighted by Gasteiger charge is -2.14. The van der Waals surface area contributed by atoms with Crippen LogP contribution in [0.15, 0.2) is 18.2 Å². The Hall–Kier alpha value is -0.860. The van der Waals surface area contributed by atoms with Gasteiger partial charge in [-0.3, -0.25) is 0 Å². The molecule has 1 aromatic rings. The fraction of sp³-hybridized carbons (Fsp3) is 0.667. The van der Waals surface area contributed by atoms with Gasteiger partial charge in [0.25, 0.3) is 0 Å². The lowest BCUT2D eigenvalue weighted by molar-refractivity contribution is 0.117. The van der Waals surface area contributed by atoms with Crippen LogP contribution in [0.25, 0.3) is 0 Å². The Kier molecular flexibility index (Phi) is 8.56. The highest BCUT2D eigenvalue weighted by atomic mass is 16.5. The molecule has 0 amide bonds. The van der Waals surface area contributed by atoms with Crippen molar-refractivity contribution in [2.45, 2.75) is 65.3 Å². The Morgan fingerprint density at radius 3 is 2.20 bits per heavy atom. The Balaban J connectivity index is 2.15. The molecular formula is C18H31NO. The van der Waals surface area contributed by atoms with Gasteiger partial charge in [0, 0.05) is 6.61 Å². The molecule has 0 aliphatic heterocycles. The molecular weight excluding hydrogens is 246 g/mol. The summed E-state index contributed by atoms with van der Waals surface area (Å²) in [6.07, 6.45) is 7.79. The highest BCUT2D eigenvalue weighted by Crippen LogP contribution is 2.15. The number of ether oxygens (including phenoxy) is 1. The van der Waals surface area contributed by atoms with E-state index in [0.29, 0.717) is 6.61 Å². The molecule has 2 heteroatoms. The first-order valence-corrected chi connectivity index (χ1v) is 8.05. The number of rotatable bonds is 10. The highest BCUT2D eigenvalue weighted by molar-refractivity contribution is 5.30. The van der Waals surface area contributed by atoms with Gasteiger partial charge in [-0.1, -0.05) is 68.4 Å². The van der Waals surface area contributed by atoms with Gasteiger partial charge in [-0.25, -0.2) is 0 Å². The van der Waals surface area contributed by atoms with E-state index in [4.69, 9.17) is 10.5 Å². The predicted octanol–water partition coefficient (Wildman–Crippen LogP) is 4.68. The van der Waals surface area contributed by atoms with E-state index in [-0.39, 0.29) is 6.04 Å². The Bertz CT molecular complexity index is 355. The Morgan fingerprint density at radius 1 is 0.950 bits per heavy atom. The maximum absolute atomic E-state index is 6.19. The SMILES string of the molecule is CCCCCCCCOCC(N)c1cc(C)cc(C)c1. The van der Waals surface area contributed by atoms with Crippen LogP contribution in [0.3, 0.4) is 0 Å². The second kappa shape index (κ2) is 9.95. The molecule has 0 heterocycles. The van der Waals surface area contributed by atoms with Crippen molar-refractivity contribution < 1.29 is 4.74 Å². The number of nitrogens with two attached hydrogens (primary N) is 1. The number of aryl methyl sites for hydroxylation is 2. The van der Waals surface area contributed by atoms with Crippen molar-refractivity contribution in [1.29, 1.82) is 0 Å². The first kappa shape index (κ1) is 17.2. The van der Waals surface area contributed by atoms with E-state index >= 15 is 0 Å².